The SMILES string of the molecule is Nc1ccc(C(=O)c2ccccc2I)cc1. The molecule has 0 aliphatic heterocycles. The highest BCUT2D eigenvalue weighted by atomic mass is 127. The first kappa shape index (κ1) is 11.1. The maximum atomic E-state index is 12.1. The van der Waals surface area contributed by atoms with Crippen LogP contribution in [0.15, 0.2) is 48.5 Å². The lowest BCUT2D eigenvalue weighted by atomic mass is 10.0. The van der Waals surface area contributed by atoms with Crippen LogP contribution >= 0.6 is 22.6 Å². The van der Waals surface area contributed by atoms with Crippen LogP contribution in [0.4, 0.5) is 5.69 Å². The van der Waals surface area contributed by atoms with Crippen LogP contribution in [-0.2, 0) is 0 Å². The summed E-state index contributed by atoms with van der Waals surface area (Å²) >= 11 is 2.16. The van der Waals surface area contributed by atoms with Crippen LogP contribution in [0.1, 0.15) is 15.9 Å². The molecule has 80 valence electrons. The third kappa shape index (κ3) is 2.24. The Morgan fingerprint density at radius 1 is 1.00 bits per heavy atom. The molecule has 0 fully saturated rings. The molecule has 16 heavy (non-hydrogen) atoms. The first-order valence-corrected chi connectivity index (χ1v) is 5.91. The Morgan fingerprint density at radius 2 is 1.62 bits per heavy atom. The van der Waals surface area contributed by atoms with Gasteiger partial charge in [-0.1, -0.05) is 12.1 Å². The first-order valence-electron chi connectivity index (χ1n) is 4.83. The van der Waals surface area contributed by atoms with Gasteiger partial charge in [0.15, 0.2) is 5.78 Å². The Kier molecular flexibility index (Phi) is 3.24. The standard InChI is InChI=1S/C13H10INO/c14-12-4-2-1-3-11(12)13(16)9-5-7-10(15)8-6-9/h1-8H,15H2. The number of rotatable bonds is 2. The molecule has 0 spiro atoms. The highest BCUT2D eigenvalue weighted by Crippen LogP contribution is 2.17. The van der Waals surface area contributed by atoms with Crippen LogP contribution in [0.2, 0.25) is 0 Å². The average molecular weight is 323 g/mol. The molecule has 0 amide bonds. The summed E-state index contributed by atoms with van der Waals surface area (Å²) in [6, 6.07) is 14.5. The van der Waals surface area contributed by atoms with Crippen LogP contribution in [0.3, 0.4) is 0 Å². The van der Waals surface area contributed by atoms with E-state index in [2.05, 4.69) is 22.6 Å². The number of carbonyl (C=O) groups is 1. The number of hydrogen-bond acceptors (Lipinski definition) is 2. The van der Waals surface area contributed by atoms with E-state index in [1.165, 1.54) is 0 Å². The highest BCUT2D eigenvalue weighted by molar-refractivity contribution is 14.1. The second-order valence-corrected chi connectivity index (χ2v) is 4.59. The normalized spacial score (nSPS) is 10.1. The number of anilines is 1. The fourth-order valence-electron chi connectivity index (χ4n) is 1.44. The maximum Gasteiger partial charge on any atom is 0.194 e. The molecule has 2 N–H and O–H groups in total. The molecule has 2 nitrogen and oxygen atoms in total. The number of hydrogen-bond donors (Lipinski definition) is 1. The van der Waals surface area contributed by atoms with Gasteiger partial charge in [0.25, 0.3) is 0 Å². The number of nitrogen functional groups attached to an aromatic ring is 1. The fraction of sp³-hybridized carbons (Fsp3) is 0. The summed E-state index contributed by atoms with van der Waals surface area (Å²) in [5.41, 5.74) is 7.64. The average Bonchev–Trinajstić information content (AvgIpc) is 2.30. The van der Waals surface area contributed by atoms with Gasteiger partial charge in [0.2, 0.25) is 0 Å². The van der Waals surface area contributed by atoms with Gasteiger partial charge >= 0.3 is 0 Å². The van der Waals surface area contributed by atoms with E-state index < -0.39 is 0 Å². The quantitative estimate of drug-likeness (QED) is 0.524. The van der Waals surface area contributed by atoms with Crippen molar-refractivity contribution in [1.29, 1.82) is 0 Å². The zero-order valence-electron chi connectivity index (χ0n) is 8.48. The summed E-state index contributed by atoms with van der Waals surface area (Å²) in [7, 11) is 0. The Bertz CT molecular complexity index is 520. The van der Waals surface area contributed by atoms with Crippen LogP contribution < -0.4 is 5.73 Å². The van der Waals surface area contributed by atoms with E-state index in [4.69, 9.17) is 5.73 Å². The van der Waals surface area contributed by atoms with E-state index in [-0.39, 0.29) is 5.78 Å². The van der Waals surface area contributed by atoms with Gasteiger partial charge in [-0.05, 0) is 59.0 Å². The largest absolute Gasteiger partial charge is 0.399 e. The summed E-state index contributed by atoms with van der Waals surface area (Å²) in [5, 5.41) is 0. The highest BCUT2D eigenvalue weighted by Gasteiger charge is 2.11. The van der Waals surface area contributed by atoms with Crippen LogP contribution in [-0.4, -0.2) is 5.78 Å². The summed E-state index contributed by atoms with van der Waals surface area (Å²) in [4.78, 5) is 12.1. The van der Waals surface area contributed by atoms with Crippen LogP contribution in [0.5, 0.6) is 0 Å². The molecule has 0 saturated carbocycles. The number of benzene rings is 2. The van der Waals surface area contributed by atoms with E-state index >= 15 is 0 Å². The van der Waals surface area contributed by atoms with Gasteiger partial charge in [0.05, 0.1) is 0 Å². The monoisotopic (exact) mass is 323 g/mol. The van der Waals surface area contributed by atoms with E-state index in [0.29, 0.717) is 11.3 Å². The second kappa shape index (κ2) is 4.65. The second-order valence-electron chi connectivity index (χ2n) is 3.43. The van der Waals surface area contributed by atoms with E-state index in [9.17, 15) is 4.79 Å². The molecular weight excluding hydrogens is 313 g/mol. The van der Waals surface area contributed by atoms with Crippen molar-refractivity contribution in [2.75, 3.05) is 5.73 Å². The minimum absolute atomic E-state index is 0.0324. The Labute approximate surface area is 108 Å². The molecule has 0 aliphatic rings. The maximum absolute atomic E-state index is 12.1. The van der Waals surface area contributed by atoms with Gasteiger partial charge in [-0.15, -0.1) is 0 Å². The zero-order chi connectivity index (χ0) is 11.5. The molecule has 2 aromatic rings. The smallest absolute Gasteiger partial charge is 0.194 e. The number of nitrogens with two attached hydrogens (primary N) is 1. The topological polar surface area (TPSA) is 43.1 Å². The van der Waals surface area contributed by atoms with Crippen LogP contribution in [0, 0.1) is 3.57 Å². The Hall–Kier alpha value is -1.36. The minimum Gasteiger partial charge on any atom is -0.399 e. The van der Waals surface area contributed by atoms with Crippen LogP contribution in [0.25, 0.3) is 0 Å². The summed E-state index contributed by atoms with van der Waals surface area (Å²) in [6.07, 6.45) is 0. The number of halogens is 1. The minimum atomic E-state index is 0.0324. The van der Waals surface area contributed by atoms with E-state index in [0.717, 1.165) is 9.13 Å². The Balaban J connectivity index is 2.40. The summed E-state index contributed by atoms with van der Waals surface area (Å²) in [5.74, 6) is 0.0324. The van der Waals surface area contributed by atoms with Crippen molar-refractivity contribution in [3.8, 4) is 0 Å². The third-order valence-corrected chi connectivity index (χ3v) is 3.23. The summed E-state index contributed by atoms with van der Waals surface area (Å²) < 4.78 is 0.960. The van der Waals surface area contributed by atoms with Gasteiger partial charge in [0, 0.05) is 20.4 Å². The molecule has 0 unspecified atom stereocenters. The van der Waals surface area contributed by atoms with Crippen molar-refractivity contribution >= 4 is 34.1 Å². The molecule has 0 atom stereocenters. The van der Waals surface area contributed by atoms with Gasteiger partial charge in [0.1, 0.15) is 0 Å². The lowest BCUT2D eigenvalue weighted by Crippen LogP contribution is -2.03. The molecule has 2 aromatic carbocycles. The number of ketones is 1. The molecule has 0 saturated heterocycles. The van der Waals surface area contributed by atoms with Crippen molar-refractivity contribution in [3.63, 3.8) is 0 Å². The zero-order valence-corrected chi connectivity index (χ0v) is 10.6. The molecule has 0 heterocycles. The van der Waals surface area contributed by atoms with Crippen molar-refractivity contribution in [2.45, 2.75) is 0 Å². The van der Waals surface area contributed by atoms with Crippen molar-refractivity contribution in [2.24, 2.45) is 0 Å². The van der Waals surface area contributed by atoms with Gasteiger partial charge in [-0.3, -0.25) is 4.79 Å². The van der Waals surface area contributed by atoms with Crippen molar-refractivity contribution < 1.29 is 4.79 Å². The molecule has 3 heteroatoms. The van der Waals surface area contributed by atoms with E-state index in [1.807, 2.05) is 24.3 Å². The van der Waals surface area contributed by atoms with Gasteiger partial charge in [-0.25, -0.2) is 0 Å². The molecule has 0 aromatic heterocycles. The fourth-order valence-corrected chi connectivity index (χ4v) is 2.07. The van der Waals surface area contributed by atoms with Crippen molar-refractivity contribution in [3.05, 3.63) is 63.2 Å². The third-order valence-electron chi connectivity index (χ3n) is 2.29. The molecule has 0 aliphatic carbocycles. The molecule has 2 rings (SSSR count). The van der Waals surface area contributed by atoms with Gasteiger partial charge < -0.3 is 5.73 Å². The molecule has 0 radical (unpaired) electrons. The van der Waals surface area contributed by atoms with Crippen molar-refractivity contribution in [1.82, 2.24) is 0 Å². The molecular formula is C13H10INO. The summed E-state index contributed by atoms with van der Waals surface area (Å²) in [6.45, 7) is 0. The molecule has 0 bridgehead atoms. The Morgan fingerprint density at radius 3 is 2.25 bits per heavy atom. The number of carbonyl (C=O) groups excluding carboxylic acids is 1. The predicted molar refractivity (Wildman–Crippen MR) is 73.4 cm³/mol. The first-order chi connectivity index (χ1) is 7.68. The predicted octanol–water partition coefficient (Wildman–Crippen LogP) is 3.10. The lowest BCUT2D eigenvalue weighted by Gasteiger charge is -2.03. The van der Waals surface area contributed by atoms with Gasteiger partial charge in [-0.2, -0.15) is 0 Å². The lowest BCUT2D eigenvalue weighted by molar-refractivity contribution is 0.103. The van der Waals surface area contributed by atoms with E-state index in [1.54, 1.807) is 24.3 Å².